The summed E-state index contributed by atoms with van der Waals surface area (Å²) >= 11 is 0.814. The highest BCUT2D eigenvalue weighted by Crippen LogP contribution is 2.37. The highest BCUT2D eigenvalue weighted by atomic mass is 32.2. The summed E-state index contributed by atoms with van der Waals surface area (Å²) in [7, 11) is 1.22. The van der Waals surface area contributed by atoms with Crippen LogP contribution in [0.4, 0.5) is 4.79 Å². The van der Waals surface area contributed by atoms with Crippen LogP contribution >= 0.6 is 11.8 Å². The Morgan fingerprint density at radius 3 is 2.67 bits per heavy atom. The summed E-state index contributed by atoms with van der Waals surface area (Å²) in [6.45, 7) is 5.56. The fourth-order valence-corrected chi connectivity index (χ4v) is 4.49. The number of carbonyl (C=O) groups excluding carboxylic acids is 3. The molecular formula is C21H20N2O6S. The van der Waals surface area contributed by atoms with Gasteiger partial charge in [-0.3, -0.25) is 14.5 Å². The van der Waals surface area contributed by atoms with Crippen molar-refractivity contribution in [3.05, 3.63) is 46.1 Å². The van der Waals surface area contributed by atoms with Crippen LogP contribution < -0.4 is 9.47 Å². The molecule has 30 heavy (non-hydrogen) atoms. The minimum absolute atomic E-state index is 0.202. The van der Waals surface area contributed by atoms with Crippen molar-refractivity contribution in [3.8, 4) is 17.2 Å². The molecule has 0 radical (unpaired) electrons. The second kappa shape index (κ2) is 7.56. The second-order valence-corrected chi connectivity index (χ2v) is 7.94. The van der Waals surface area contributed by atoms with Gasteiger partial charge >= 0.3 is 5.97 Å². The standard InChI is InChI=1S/C21H20N2O6S/c1-11-7-14(8-18-19(24)23(21(26)30-18)13(3)20(25)27-4)12(2)22(11)15-5-6-16-17(9-15)29-10-28-16/h5-9,13H,10H2,1-4H3/b18-8+. The first kappa shape index (κ1) is 20.1. The molecule has 0 aliphatic carbocycles. The Morgan fingerprint density at radius 1 is 1.20 bits per heavy atom. The van der Waals surface area contributed by atoms with Gasteiger partial charge in [-0.2, -0.15) is 0 Å². The number of aryl methyl sites for hydroxylation is 1. The smallest absolute Gasteiger partial charge is 0.328 e. The molecule has 2 aliphatic heterocycles. The number of ether oxygens (including phenoxy) is 3. The third kappa shape index (κ3) is 3.24. The van der Waals surface area contributed by atoms with Gasteiger partial charge in [-0.05, 0) is 62.4 Å². The van der Waals surface area contributed by atoms with Crippen LogP contribution in [-0.2, 0) is 14.3 Å². The Labute approximate surface area is 177 Å². The number of imide groups is 1. The molecule has 9 heteroatoms. The molecule has 0 N–H and O–H groups in total. The summed E-state index contributed by atoms with van der Waals surface area (Å²) in [4.78, 5) is 38.0. The zero-order valence-electron chi connectivity index (χ0n) is 16.9. The first-order valence-electron chi connectivity index (χ1n) is 9.25. The molecule has 1 saturated heterocycles. The number of amides is 2. The molecular weight excluding hydrogens is 408 g/mol. The number of carbonyl (C=O) groups is 3. The lowest BCUT2D eigenvalue weighted by atomic mass is 10.2. The summed E-state index contributed by atoms with van der Waals surface area (Å²) in [6, 6.07) is 6.66. The van der Waals surface area contributed by atoms with Gasteiger partial charge in [0.15, 0.2) is 11.5 Å². The number of fused-ring (bicyclic) bond motifs is 1. The highest BCUT2D eigenvalue weighted by molar-refractivity contribution is 8.18. The Hall–Kier alpha value is -3.20. The van der Waals surface area contributed by atoms with Gasteiger partial charge in [0, 0.05) is 23.1 Å². The lowest BCUT2D eigenvalue weighted by Gasteiger charge is -2.18. The summed E-state index contributed by atoms with van der Waals surface area (Å²) in [5, 5.41) is -0.492. The van der Waals surface area contributed by atoms with Gasteiger partial charge in [-0.15, -0.1) is 0 Å². The van der Waals surface area contributed by atoms with Crippen molar-refractivity contribution in [3.63, 3.8) is 0 Å². The fraction of sp³-hybridized carbons (Fsp3) is 0.286. The molecule has 1 unspecified atom stereocenters. The van der Waals surface area contributed by atoms with Crippen LogP contribution in [0.15, 0.2) is 29.2 Å². The van der Waals surface area contributed by atoms with E-state index in [0.29, 0.717) is 11.5 Å². The Balaban J connectivity index is 1.67. The number of aromatic nitrogens is 1. The number of thioether (sulfide) groups is 1. The van der Waals surface area contributed by atoms with Crippen LogP contribution in [-0.4, -0.2) is 46.5 Å². The normalized spacial score (nSPS) is 17.7. The van der Waals surface area contributed by atoms with Crippen LogP contribution in [0, 0.1) is 13.8 Å². The molecule has 2 aliphatic rings. The van der Waals surface area contributed by atoms with Gasteiger partial charge in [-0.1, -0.05) is 0 Å². The van der Waals surface area contributed by atoms with Crippen molar-refractivity contribution in [2.24, 2.45) is 0 Å². The fourth-order valence-electron chi connectivity index (χ4n) is 3.59. The van der Waals surface area contributed by atoms with Gasteiger partial charge in [0.2, 0.25) is 6.79 Å². The van der Waals surface area contributed by atoms with Crippen molar-refractivity contribution in [2.75, 3.05) is 13.9 Å². The zero-order valence-corrected chi connectivity index (χ0v) is 17.7. The van der Waals surface area contributed by atoms with Crippen LogP contribution in [0.1, 0.15) is 23.9 Å². The molecule has 0 bridgehead atoms. The molecule has 4 rings (SSSR count). The minimum Gasteiger partial charge on any atom is -0.467 e. The number of esters is 1. The molecule has 1 aromatic heterocycles. The van der Waals surface area contributed by atoms with E-state index >= 15 is 0 Å². The number of rotatable bonds is 4. The SMILES string of the molecule is COC(=O)C(C)N1C(=O)S/C(=C/c2cc(C)n(-c3ccc4c(c3)OCO4)c2C)C1=O. The Morgan fingerprint density at radius 2 is 1.93 bits per heavy atom. The van der Waals surface area contributed by atoms with Crippen LogP contribution in [0.2, 0.25) is 0 Å². The molecule has 8 nitrogen and oxygen atoms in total. The number of methoxy groups -OCH3 is 1. The van der Waals surface area contributed by atoms with Gasteiger partial charge in [0.05, 0.1) is 12.0 Å². The maximum Gasteiger partial charge on any atom is 0.328 e. The van der Waals surface area contributed by atoms with E-state index in [4.69, 9.17) is 9.47 Å². The van der Waals surface area contributed by atoms with Crippen molar-refractivity contribution in [2.45, 2.75) is 26.8 Å². The van der Waals surface area contributed by atoms with E-state index in [1.807, 2.05) is 42.7 Å². The maximum atomic E-state index is 12.8. The minimum atomic E-state index is -0.977. The van der Waals surface area contributed by atoms with Gasteiger partial charge < -0.3 is 18.8 Å². The van der Waals surface area contributed by atoms with E-state index < -0.39 is 23.2 Å². The number of hydrogen-bond acceptors (Lipinski definition) is 7. The average molecular weight is 428 g/mol. The number of benzene rings is 1. The maximum absolute atomic E-state index is 12.8. The number of hydrogen-bond donors (Lipinski definition) is 0. The van der Waals surface area contributed by atoms with E-state index in [9.17, 15) is 14.4 Å². The monoisotopic (exact) mass is 428 g/mol. The highest BCUT2D eigenvalue weighted by Gasteiger charge is 2.41. The quantitative estimate of drug-likeness (QED) is 0.545. The molecule has 0 saturated carbocycles. The van der Waals surface area contributed by atoms with E-state index in [1.165, 1.54) is 14.0 Å². The lowest BCUT2D eigenvalue weighted by molar-refractivity contribution is -0.148. The first-order chi connectivity index (χ1) is 14.3. The summed E-state index contributed by atoms with van der Waals surface area (Å²) in [5.41, 5.74) is 3.57. The molecule has 2 aromatic rings. The van der Waals surface area contributed by atoms with E-state index in [2.05, 4.69) is 4.74 Å². The zero-order chi connectivity index (χ0) is 21.6. The second-order valence-electron chi connectivity index (χ2n) is 6.95. The van der Waals surface area contributed by atoms with Gasteiger partial charge in [0.25, 0.3) is 11.1 Å². The average Bonchev–Trinajstić information content (AvgIpc) is 3.37. The Bertz CT molecular complexity index is 1100. The van der Waals surface area contributed by atoms with Gasteiger partial charge in [-0.25, -0.2) is 4.79 Å². The number of nitrogens with zero attached hydrogens (tertiary/aromatic N) is 2. The topological polar surface area (TPSA) is 87.1 Å². The van der Waals surface area contributed by atoms with E-state index in [-0.39, 0.29) is 11.7 Å². The van der Waals surface area contributed by atoms with E-state index in [0.717, 1.165) is 39.3 Å². The lowest BCUT2D eigenvalue weighted by Crippen LogP contribution is -2.42. The van der Waals surface area contributed by atoms with Crippen LogP contribution in [0.3, 0.4) is 0 Å². The molecule has 2 amide bonds. The Kier molecular flexibility index (Phi) is 5.07. The van der Waals surface area contributed by atoms with Gasteiger partial charge in [0.1, 0.15) is 6.04 Å². The van der Waals surface area contributed by atoms with E-state index in [1.54, 1.807) is 6.08 Å². The van der Waals surface area contributed by atoms with Crippen molar-refractivity contribution in [1.29, 1.82) is 0 Å². The molecule has 0 spiro atoms. The predicted molar refractivity (Wildman–Crippen MR) is 111 cm³/mol. The predicted octanol–water partition coefficient (Wildman–Crippen LogP) is 3.42. The summed E-state index contributed by atoms with van der Waals surface area (Å²) in [6.07, 6.45) is 1.68. The third-order valence-electron chi connectivity index (χ3n) is 5.12. The molecule has 156 valence electrons. The van der Waals surface area contributed by atoms with Crippen molar-refractivity contribution in [1.82, 2.24) is 9.47 Å². The third-order valence-corrected chi connectivity index (χ3v) is 6.01. The molecule has 3 heterocycles. The van der Waals surface area contributed by atoms with Crippen molar-refractivity contribution >= 4 is 35.0 Å². The summed E-state index contributed by atoms with van der Waals surface area (Å²) in [5.74, 6) is 0.240. The molecule has 1 fully saturated rings. The molecule has 1 aromatic carbocycles. The summed E-state index contributed by atoms with van der Waals surface area (Å²) < 4.78 is 17.5. The molecule has 1 atom stereocenters. The largest absolute Gasteiger partial charge is 0.467 e. The van der Waals surface area contributed by atoms with Crippen LogP contribution in [0.5, 0.6) is 11.5 Å². The van der Waals surface area contributed by atoms with Crippen LogP contribution in [0.25, 0.3) is 11.8 Å². The van der Waals surface area contributed by atoms with Crippen molar-refractivity contribution < 1.29 is 28.6 Å². The first-order valence-corrected chi connectivity index (χ1v) is 10.1.